The molecule has 0 aliphatic rings. The molecule has 26 heavy (non-hydrogen) atoms. The average Bonchev–Trinajstić information content (AvgIpc) is 3.00. The molecular weight excluding hydrogens is 342 g/mol. The summed E-state index contributed by atoms with van der Waals surface area (Å²) in [6, 6.07) is 17.9. The third kappa shape index (κ3) is 3.99. The van der Waals surface area contributed by atoms with E-state index in [0.29, 0.717) is 6.54 Å². The zero-order valence-corrected chi connectivity index (χ0v) is 15.9. The summed E-state index contributed by atoms with van der Waals surface area (Å²) in [6.07, 6.45) is 1.85. The lowest BCUT2D eigenvalue weighted by Crippen LogP contribution is -2.33. The highest BCUT2D eigenvalue weighted by Crippen LogP contribution is 2.27. The lowest BCUT2D eigenvalue weighted by atomic mass is 10.1. The van der Waals surface area contributed by atoms with E-state index in [0.717, 1.165) is 21.8 Å². The van der Waals surface area contributed by atoms with Crippen LogP contribution < -0.4 is 5.32 Å². The Kier molecular flexibility index (Phi) is 5.78. The molecule has 1 aromatic heterocycles. The Morgan fingerprint density at radius 2 is 1.88 bits per heavy atom. The second-order valence-corrected chi connectivity index (χ2v) is 7.49. The minimum Gasteiger partial charge on any atom is -0.349 e. The summed E-state index contributed by atoms with van der Waals surface area (Å²) in [5.41, 5.74) is 3.08. The monoisotopic (exact) mass is 365 g/mol. The SMILES string of the molecule is C=CCn1c(SC(C)C(=O)NC(C)c2ccccc2)nc2ccccc21. The minimum atomic E-state index is -0.249. The molecule has 0 saturated heterocycles. The highest BCUT2D eigenvalue weighted by atomic mass is 32.2. The minimum absolute atomic E-state index is 0.00330. The molecule has 0 aliphatic heterocycles. The van der Waals surface area contributed by atoms with E-state index >= 15 is 0 Å². The molecule has 5 heteroatoms. The number of hydrogen-bond acceptors (Lipinski definition) is 3. The quantitative estimate of drug-likeness (QED) is 0.492. The zero-order chi connectivity index (χ0) is 18.5. The Balaban J connectivity index is 1.74. The average molecular weight is 366 g/mol. The van der Waals surface area contributed by atoms with Crippen molar-refractivity contribution in [3.8, 4) is 0 Å². The summed E-state index contributed by atoms with van der Waals surface area (Å²) in [7, 11) is 0. The van der Waals surface area contributed by atoms with Crippen molar-refractivity contribution in [2.75, 3.05) is 0 Å². The number of carbonyl (C=O) groups is 1. The predicted molar refractivity (Wildman–Crippen MR) is 108 cm³/mol. The van der Waals surface area contributed by atoms with Crippen LogP contribution in [0.25, 0.3) is 11.0 Å². The van der Waals surface area contributed by atoms with Gasteiger partial charge in [-0.05, 0) is 31.5 Å². The van der Waals surface area contributed by atoms with Gasteiger partial charge in [0.1, 0.15) is 0 Å². The second-order valence-electron chi connectivity index (χ2n) is 6.18. The Morgan fingerprint density at radius 3 is 2.62 bits per heavy atom. The summed E-state index contributed by atoms with van der Waals surface area (Å²) in [4.78, 5) is 17.3. The Hall–Kier alpha value is -2.53. The van der Waals surface area contributed by atoms with E-state index in [9.17, 15) is 4.79 Å². The zero-order valence-electron chi connectivity index (χ0n) is 15.1. The number of carbonyl (C=O) groups excluding carboxylic acids is 1. The molecule has 2 aromatic carbocycles. The Morgan fingerprint density at radius 1 is 1.19 bits per heavy atom. The van der Waals surface area contributed by atoms with E-state index in [1.807, 2.05) is 74.5 Å². The van der Waals surface area contributed by atoms with E-state index in [1.165, 1.54) is 11.8 Å². The maximum absolute atomic E-state index is 12.6. The van der Waals surface area contributed by atoms with Crippen LogP contribution in [0, 0.1) is 0 Å². The van der Waals surface area contributed by atoms with E-state index in [2.05, 4.69) is 21.4 Å². The van der Waals surface area contributed by atoms with Gasteiger partial charge in [0.25, 0.3) is 0 Å². The Bertz CT molecular complexity index is 904. The summed E-state index contributed by atoms with van der Waals surface area (Å²) >= 11 is 1.47. The van der Waals surface area contributed by atoms with Gasteiger partial charge in [-0.25, -0.2) is 4.98 Å². The number of imidazole rings is 1. The van der Waals surface area contributed by atoms with Crippen molar-refractivity contribution in [2.24, 2.45) is 0 Å². The van der Waals surface area contributed by atoms with Crippen molar-refractivity contribution in [1.29, 1.82) is 0 Å². The van der Waals surface area contributed by atoms with Crippen LogP contribution in [0.15, 0.2) is 72.4 Å². The fourth-order valence-electron chi connectivity index (χ4n) is 2.82. The number of nitrogens with one attached hydrogen (secondary N) is 1. The number of aromatic nitrogens is 2. The fourth-order valence-corrected chi connectivity index (χ4v) is 3.76. The van der Waals surface area contributed by atoms with Gasteiger partial charge in [-0.2, -0.15) is 0 Å². The van der Waals surface area contributed by atoms with Crippen LogP contribution in [0.5, 0.6) is 0 Å². The van der Waals surface area contributed by atoms with Crippen molar-refractivity contribution in [2.45, 2.75) is 36.8 Å². The van der Waals surface area contributed by atoms with Crippen LogP contribution >= 0.6 is 11.8 Å². The molecule has 0 fully saturated rings. The van der Waals surface area contributed by atoms with Crippen molar-refractivity contribution < 1.29 is 4.79 Å². The van der Waals surface area contributed by atoms with Gasteiger partial charge in [0.05, 0.1) is 22.3 Å². The van der Waals surface area contributed by atoms with Gasteiger partial charge in [0.15, 0.2) is 5.16 Å². The number of nitrogens with zero attached hydrogens (tertiary/aromatic N) is 2. The molecule has 4 nitrogen and oxygen atoms in total. The van der Waals surface area contributed by atoms with Crippen molar-refractivity contribution >= 4 is 28.7 Å². The molecule has 0 bridgehead atoms. The van der Waals surface area contributed by atoms with Gasteiger partial charge >= 0.3 is 0 Å². The molecule has 0 saturated carbocycles. The van der Waals surface area contributed by atoms with Gasteiger partial charge in [0, 0.05) is 6.54 Å². The maximum Gasteiger partial charge on any atom is 0.233 e. The van der Waals surface area contributed by atoms with Crippen molar-refractivity contribution in [1.82, 2.24) is 14.9 Å². The van der Waals surface area contributed by atoms with Crippen molar-refractivity contribution in [3.63, 3.8) is 0 Å². The molecular formula is C21H23N3OS. The van der Waals surface area contributed by atoms with Crippen LogP contribution in [0.2, 0.25) is 0 Å². The van der Waals surface area contributed by atoms with Crippen LogP contribution in [-0.2, 0) is 11.3 Å². The summed E-state index contributed by atoms with van der Waals surface area (Å²) in [6.45, 7) is 8.41. The third-order valence-corrected chi connectivity index (χ3v) is 5.33. The van der Waals surface area contributed by atoms with Crippen LogP contribution in [0.4, 0.5) is 0 Å². The molecule has 3 aromatic rings. The number of amides is 1. The fraction of sp³-hybridized carbons (Fsp3) is 0.238. The molecule has 1 heterocycles. The van der Waals surface area contributed by atoms with Gasteiger partial charge in [-0.15, -0.1) is 6.58 Å². The number of benzene rings is 2. The molecule has 134 valence electrons. The first-order valence-corrected chi connectivity index (χ1v) is 9.56. The van der Waals surface area contributed by atoms with Gasteiger partial charge < -0.3 is 9.88 Å². The highest BCUT2D eigenvalue weighted by molar-refractivity contribution is 8.00. The van der Waals surface area contributed by atoms with Gasteiger partial charge in [-0.3, -0.25) is 4.79 Å². The number of hydrogen-bond donors (Lipinski definition) is 1. The molecule has 2 atom stereocenters. The van der Waals surface area contributed by atoms with Gasteiger partial charge in [0.2, 0.25) is 5.91 Å². The van der Waals surface area contributed by atoms with Crippen LogP contribution in [-0.4, -0.2) is 20.7 Å². The lowest BCUT2D eigenvalue weighted by molar-refractivity contribution is -0.120. The van der Waals surface area contributed by atoms with E-state index in [1.54, 1.807) is 0 Å². The molecule has 2 unspecified atom stereocenters. The lowest BCUT2D eigenvalue weighted by Gasteiger charge is -2.18. The molecule has 1 N–H and O–H groups in total. The Labute approximate surface area is 158 Å². The smallest absolute Gasteiger partial charge is 0.233 e. The highest BCUT2D eigenvalue weighted by Gasteiger charge is 2.20. The second kappa shape index (κ2) is 8.23. The number of allylic oxidation sites excluding steroid dienone is 1. The normalized spacial score (nSPS) is 13.3. The third-order valence-electron chi connectivity index (χ3n) is 4.24. The molecule has 1 amide bonds. The summed E-state index contributed by atoms with van der Waals surface area (Å²) in [5, 5.41) is 3.67. The van der Waals surface area contributed by atoms with Crippen molar-refractivity contribution in [3.05, 3.63) is 72.8 Å². The first-order chi connectivity index (χ1) is 12.6. The number of para-hydroxylation sites is 2. The molecule has 0 radical (unpaired) electrons. The summed E-state index contributed by atoms with van der Waals surface area (Å²) in [5.74, 6) is 0.00330. The largest absolute Gasteiger partial charge is 0.349 e. The number of rotatable bonds is 7. The van der Waals surface area contributed by atoms with E-state index < -0.39 is 0 Å². The van der Waals surface area contributed by atoms with E-state index in [4.69, 9.17) is 0 Å². The van der Waals surface area contributed by atoms with Crippen LogP contribution in [0.3, 0.4) is 0 Å². The standard InChI is InChI=1S/C21H23N3OS/c1-4-14-24-19-13-9-8-12-18(19)23-21(24)26-16(3)20(25)22-15(2)17-10-6-5-7-11-17/h4-13,15-16H,1,14H2,2-3H3,(H,22,25). The van der Waals surface area contributed by atoms with Gasteiger partial charge in [-0.1, -0.05) is 60.3 Å². The molecule has 0 spiro atoms. The number of thioether (sulfide) groups is 1. The first kappa shape index (κ1) is 18.3. The topological polar surface area (TPSA) is 46.9 Å². The summed E-state index contributed by atoms with van der Waals surface area (Å²) < 4.78 is 2.09. The van der Waals surface area contributed by atoms with Crippen LogP contribution in [0.1, 0.15) is 25.5 Å². The maximum atomic E-state index is 12.6. The number of fused-ring (bicyclic) bond motifs is 1. The first-order valence-electron chi connectivity index (χ1n) is 8.68. The predicted octanol–water partition coefficient (Wildman–Crippen LogP) is 4.58. The molecule has 0 aliphatic carbocycles. The molecule has 3 rings (SSSR count). The van der Waals surface area contributed by atoms with E-state index in [-0.39, 0.29) is 17.2 Å².